The monoisotopic (exact) mass is 178 g/mol. The Hall–Kier alpha value is -1.71. The van der Waals surface area contributed by atoms with E-state index in [1.807, 2.05) is 24.3 Å². The van der Waals surface area contributed by atoms with Crippen LogP contribution in [0.2, 0.25) is 0 Å². The number of rotatable bonds is 2. The molecule has 0 atom stereocenters. The molecule has 0 amide bonds. The van der Waals surface area contributed by atoms with E-state index in [1.165, 1.54) is 0 Å². The van der Waals surface area contributed by atoms with Gasteiger partial charge in [-0.25, -0.2) is 0 Å². The Labute approximate surface area is 77.7 Å². The number of benzene rings is 1. The molecule has 0 unspecified atom stereocenters. The lowest BCUT2D eigenvalue weighted by molar-refractivity contribution is 0.491. The first-order chi connectivity index (χ1) is 6.09. The second-order valence-electron chi connectivity index (χ2n) is 2.98. The molecule has 0 bridgehead atoms. The maximum atomic E-state index is 7.17. The summed E-state index contributed by atoms with van der Waals surface area (Å²) in [5.41, 5.74) is 12.7. The maximum absolute atomic E-state index is 7.17. The standard InChI is InChI=1S/C9H14N4/c1-13(9(11)12)6-7-2-4-8(10)5-3-7/h2-5H,6,10H2,1H3,(H3,11,12). The summed E-state index contributed by atoms with van der Waals surface area (Å²) in [6.07, 6.45) is 0. The zero-order chi connectivity index (χ0) is 9.84. The van der Waals surface area contributed by atoms with Crippen LogP contribution in [-0.4, -0.2) is 17.9 Å². The van der Waals surface area contributed by atoms with Gasteiger partial charge in [0.1, 0.15) is 0 Å². The van der Waals surface area contributed by atoms with Crippen molar-refractivity contribution in [1.29, 1.82) is 5.41 Å². The molecular weight excluding hydrogens is 164 g/mol. The normalized spacial score (nSPS) is 9.62. The van der Waals surface area contributed by atoms with Crippen molar-refractivity contribution in [1.82, 2.24) is 4.90 Å². The van der Waals surface area contributed by atoms with Crippen LogP contribution in [0.25, 0.3) is 0 Å². The number of anilines is 1. The number of nitrogen functional groups attached to an aromatic ring is 1. The number of nitrogens with zero attached hydrogens (tertiary/aromatic N) is 1. The molecule has 0 saturated carbocycles. The third-order valence-electron chi connectivity index (χ3n) is 1.81. The third kappa shape index (κ3) is 2.66. The van der Waals surface area contributed by atoms with Crippen LogP contribution < -0.4 is 11.5 Å². The van der Waals surface area contributed by atoms with Crippen LogP contribution in [0.4, 0.5) is 5.69 Å². The van der Waals surface area contributed by atoms with Gasteiger partial charge in [0.2, 0.25) is 0 Å². The predicted octanol–water partition coefficient (Wildman–Crippen LogP) is 0.594. The lowest BCUT2D eigenvalue weighted by Crippen LogP contribution is -2.32. The molecule has 5 N–H and O–H groups in total. The van der Waals surface area contributed by atoms with Crippen molar-refractivity contribution in [3.63, 3.8) is 0 Å². The van der Waals surface area contributed by atoms with Gasteiger partial charge in [0.25, 0.3) is 0 Å². The molecule has 4 nitrogen and oxygen atoms in total. The average molecular weight is 178 g/mol. The first kappa shape index (κ1) is 9.38. The van der Waals surface area contributed by atoms with Crippen LogP contribution in [0.1, 0.15) is 5.56 Å². The Morgan fingerprint density at radius 1 is 1.38 bits per heavy atom. The second-order valence-corrected chi connectivity index (χ2v) is 2.98. The van der Waals surface area contributed by atoms with Crippen LogP contribution in [0.5, 0.6) is 0 Å². The van der Waals surface area contributed by atoms with E-state index < -0.39 is 0 Å². The van der Waals surface area contributed by atoms with Crippen molar-refractivity contribution < 1.29 is 0 Å². The fourth-order valence-electron chi connectivity index (χ4n) is 0.982. The second kappa shape index (κ2) is 3.80. The number of hydrogen-bond acceptors (Lipinski definition) is 2. The highest BCUT2D eigenvalue weighted by Crippen LogP contribution is 2.06. The fraction of sp³-hybridized carbons (Fsp3) is 0.222. The van der Waals surface area contributed by atoms with Crippen molar-refractivity contribution in [2.45, 2.75) is 6.54 Å². The average Bonchev–Trinajstić information content (AvgIpc) is 2.08. The topological polar surface area (TPSA) is 79.1 Å². The zero-order valence-electron chi connectivity index (χ0n) is 7.62. The minimum absolute atomic E-state index is 0.0665. The first-order valence-corrected chi connectivity index (χ1v) is 3.99. The molecule has 0 aliphatic heterocycles. The van der Waals surface area contributed by atoms with Crippen molar-refractivity contribution in [3.05, 3.63) is 29.8 Å². The van der Waals surface area contributed by atoms with Gasteiger partial charge in [0.15, 0.2) is 5.96 Å². The molecule has 0 fully saturated rings. The predicted molar refractivity (Wildman–Crippen MR) is 54.2 cm³/mol. The van der Waals surface area contributed by atoms with E-state index in [-0.39, 0.29) is 5.96 Å². The van der Waals surface area contributed by atoms with Crippen LogP contribution in [0.15, 0.2) is 24.3 Å². The third-order valence-corrected chi connectivity index (χ3v) is 1.81. The lowest BCUT2D eigenvalue weighted by Gasteiger charge is -2.16. The fourth-order valence-corrected chi connectivity index (χ4v) is 0.982. The molecule has 0 spiro atoms. The lowest BCUT2D eigenvalue weighted by atomic mass is 10.2. The van der Waals surface area contributed by atoms with Gasteiger partial charge in [0, 0.05) is 19.3 Å². The van der Waals surface area contributed by atoms with Crippen LogP contribution in [-0.2, 0) is 6.54 Å². The van der Waals surface area contributed by atoms with E-state index in [0.717, 1.165) is 11.3 Å². The smallest absolute Gasteiger partial charge is 0.188 e. The van der Waals surface area contributed by atoms with E-state index in [2.05, 4.69) is 0 Å². The van der Waals surface area contributed by atoms with E-state index in [1.54, 1.807) is 11.9 Å². The van der Waals surface area contributed by atoms with Gasteiger partial charge < -0.3 is 16.4 Å². The highest BCUT2D eigenvalue weighted by molar-refractivity contribution is 5.74. The number of hydrogen-bond donors (Lipinski definition) is 3. The first-order valence-electron chi connectivity index (χ1n) is 3.99. The Morgan fingerprint density at radius 3 is 2.38 bits per heavy atom. The summed E-state index contributed by atoms with van der Waals surface area (Å²) in [6, 6.07) is 7.52. The molecule has 0 aliphatic rings. The van der Waals surface area contributed by atoms with E-state index in [4.69, 9.17) is 16.9 Å². The van der Waals surface area contributed by atoms with Crippen molar-refractivity contribution >= 4 is 11.6 Å². The van der Waals surface area contributed by atoms with Crippen molar-refractivity contribution in [2.75, 3.05) is 12.8 Å². The molecule has 70 valence electrons. The zero-order valence-corrected chi connectivity index (χ0v) is 7.62. The Kier molecular flexibility index (Phi) is 2.74. The van der Waals surface area contributed by atoms with Gasteiger partial charge in [-0.05, 0) is 17.7 Å². The SMILES string of the molecule is CN(Cc1ccc(N)cc1)C(=N)N. The summed E-state index contributed by atoms with van der Waals surface area (Å²) in [4.78, 5) is 1.66. The molecule has 13 heavy (non-hydrogen) atoms. The van der Waals surface area contributed by atoms with Gasteiger partial charge in [-0.15, -0.1) is 0 Å². The Morgan fingerprint density at radius 2 is 1.92 bits per heavy atom. The largest absolute Gasteiger partial charge is 0.399 e. The molecule has 0 saturated heterocycles. The summed E-state index contributed by atoms with van der Waals surface area (Å²) in [5.74, 6) is 0.0665. The molecule has 0 heterocycles. The van der Waals surface area contributed by atoms with Crippen LogP contribution in [0, 0.1) is 5.41 Å². The van der Waals surface area contributed by atoms with Gasteiger partial charge in [-0.3, -0.25) is 5.41 Å². The van der Waals surface area contributed by atoms with Crippen LogP contribution in [0.3, 0.4) is 0 Å². The Balaban J connectivity index is 2.64. The minimum atomic E-state index is 0.0665. The van der Waals surface area contributed by atoms with Crippen molar-refractivity contribution in [3.8, 4) is 0 Å². The van der Waals surface area contributed by atoms with Gasteiger partial charge in [0.05, 0.1) is 0 Å². The molecule has 0 aliphatic carbocycles. The molecule has 1 rings (SSSR count). The quantitative estimate of drug-likeness (QED) is 0.352. The summed E-state index contributed by atoms with van der Waals surface area (Å²) in [6.45, 7) is 0.635. The summed E-state index contributed by atoms with van der Waals surface area (Å²) in [7, 11) is 1.78. The molecular formula is C9H14N4. The number of nitrogens with two attached hydrogens (primary N) is 2. The summed E-state index contributed by atoms with van der Waals surface area (Å²) >= 11 is 0. The summed E-state index contributed by atoms with van der Waals surface area (Å²) in [5, 5.41) is 7.17. The van der Waals surface area contributed by atoms with E-state index in [9.17, 15) is 0 Å². The Bertz CT molecular complexity index is 291. The number of nitrogens with one attached hydrogen (secondary N) is 1. The van der Waals surface area contributed by atoms with Crippen molar-refractivity contribution in [2.24, 2.45) is 5.73 Å². The molecule has 0 aromatic heterocycles. The molecule has 1 aromatic rings. The molecule has 1 aromatic carbocycles. The minimum Gasteiger partial charge on any atom is -0.399 e. The van der Waals surface area contributed by atoms with Gasteiger partial charge in [-0.1, -0.05) is 12.1 Å². The molecule has 4 heteroatoms. The van der Waals surface area contributed by atoms with E-state index in [0.29, 0.717) is 6.54 Å². The maximum Gasteiger partial charge on any atom is 0.188 e. The van der Waals surface area contributed by atoms with Gasteiger partial charge >= 0.3 is 0 Å². The molecule has 0 radical (unpaired) electrons. The number of guanidine groups is 1. The van der Waals surface area contributed by atoms with E-state index >= 15 is 0 Å². The van der Waals surface area contributed by atoms with Crippen LogP contribution >= 0.6 is 0 Å². The highest BCUT2D eigenvalue weighted by atomic mass is 15.2. The summed E-state index contributed by atoms with van der Waals surface area (Å²) < 4.78 is 0. The highest BCUT2D eigenvalue weighted by Gasteiger charge is 2.00. The van der Waals surface area contributed by atoms with Gasteiger partial charge in [-0.2, -0.15) is 0 Å².